The predicted molar refractivity (Wildman–Crippen MR) is 100 cm³/mol. The third kappa shape index (κ3) is 3.97. The van der Waals surface area contributed by atoms with Crippen LogP contribution in [-0.2, 0) is 20.9 Å². The van der Waals surface area contributed by atoms with Crippen molar-refractivity contribution in [3.63, 3.8) is 0 Å². The molecule has 1 saturated heterocycles. The minimum absolute atomic E-state index is 0.126. The fourth-order valence-corrected chi connectivity index (χ4v) is 6.19. The molecule has 0 aromatic carbocycles. The summed E-state index contributed by atoms with van der Waals surface area (Å²) in [6, 6.07) is -0.807. The molecular formula is C14H13N8O4S3-. The summed E-state index contributed by atoms with van der Waals surface area (Å²) in [6.07, 6.45) is 1.28. The van der Waals surface area contributed by atoms with Gasteiger partial charge in [-0.1, -0.05) is 23.1 Å². The van der Waals surface area contributed by atoms with Gasteiger partial charge in [-0.2, -0.15) is 0 Å². The zero-order chi connectivity index (χ0) is 20.5. The number of carbonyl (C=O) groups excluding carboxylic acids is 3. The van der Waals surface area contributed by atoms with Gasteiger partial charge in [0.15, 0.2) is 4.34 Å². The molecule has 1 N–H and O–H groups in total. The molecule has 12 nitrogen and oxygen atoms in total. The Morgan fingerprint density at radius 3 is 2.90 bits per heavy atom. The summed E-state index contributed by atoms with van der Waals surface area (Å²) in [6.45, 7) is 1.70. The molecular weight excluding hydrogens is 440 g/mol. The predicted octanol–water partition coefficient (Wildman–Crippen LogP) is -1.97. The summed E-state index contributed by atoms with van der Waals surface area (Å²) in [7, 11) is 0. The average Bonchev–Trinajstić information content (AvgIpc) is 3.35. The monoisotopic (exact) mass is 453 g/mol. The van der Waals surface area contributed by atoms with Crippen molar-refractivity contribution < 1.29 is 19.5 Å². The first kappa shape index (κ1) is 19.8. The molecule has 2 aliphatic heterocycles. The number of hydrogen-bond donors (Lipinski definition) is 1. The van der Waals surface area contributed by atoms with E-state index in [2.05, 4.69) is 31.0 Å². The summed E-state index contributed by atoms with van der Waals surface area (Å²) in [5.74, 6) is -1.57. The molecule has 0 spiro atoms. The molecule has 0 saturated carbocycles. The van der Waals surface area contributed by atoms with Crippen LogP contribution in [-0.4, -0.2) is 76.0 Å². The number of thioether (sulfide) groups is 2. The van der Waals surface area contributed by atoms with E-state index in [9.17, 15) is 19.5 Å². The number of carbonyl (C=O) groups is 3. The van der Waals surface area contributed by atoms with E-state index in [4.69, 9.17) is 0 Å². The zero-order valence-electron chi connectivity index (χ0n) is 14.8. The van der Waals surface area contributed by atoms with Crippen molar-refractivity contribution in [3.8, 4) is 0 Å². The molecule has 15 heteroatoms. The molecule has 2 aromatic heterocycles. The van der Waals surface area contributed by atoms with Gasteiger partial charge in [-0.25, -0.2) is 4.68 Å². The van der Waals surface area contributed by atoms with Gasteiger partial charge in [0.25, 0.3) is 5.91 Å². The Balaban J connectivity index is 1.44. The summed E-state index contributed by atoms with van der Waals surface area (Å²) < 4.78 is 1.95. The number of nitrogens with one attached hydrogen (secondary N) is 1. The summed E-state index contributed by atoms with van der Waals surface area (Å²) in [4.78, 5) is 37.6. The summed E-state index contributed by atoms with van der Waals surface area (Å²) >= 11 is 4.17. The van der Waals surface area contributed by atoms with E-state index in [-0.39, 0.29) is 12.2 Å². The number of nitrogens with zero attached hydrogens (tertiary/aromatic N) is 7. The average molecular weight is 454 g/mol. The highest BCUT2D eigenvalue weighted by Gasteiger charge is 2.52. The van der Waals surface area contributed by atoms with Crippen molar-refractivity contribution >= 4 is 52.6 Å². The van der Waals surface area contributed by atoms with Gasteiger partial charge in [-0.3, -0.25) is 14.5 Å². The molecule has 2 atom stereocenters. The van der Waals surface area contributed by atoms with Crippen LogP contribution in [0.25, 0.3) is 0 Å². The van der Waals surface area contributed by atoms with Crippen molar-refractivity contribution in [3.05, 3.63) is 22.6 Å². The van der Waals surface area contributed by atoms with Crippen molar-refractivity contribution in [1.82, 2.24) is 40.6 Å². The van der Waals surface area contributed by atoms with Crippen molar-refractivity contribution in [2.45, 2.75) is 29.2 Å². The van der Waals surface area contributed by atoms with Crippen LogP contribution in [0.1, 0.15) is 5.01 Å². The number of carboxylic acid groups (broad SMARTS) is 1. The van der Waals surface area contributed by atoms with Gasteiger partial charge in [0.2, 0.25) is 5.91 Å². The van der Waals surface area contributed by atoms with Crippen molar-refractivity contribution in [2.75, 3.05) is 11.5 Å². The Morgan fingerprint density at radius 2 is 2.24 bits per heavy atom. The highest BCUT2D eigenvalue weighted by atomic mass is 32.2. The molecule has 0 bridgehead atoms. The highest BCUT2D eigenvalue weighted by molar-refractivity contribution is 8.01. The van der Waals surface area contributed by atoms with Crippen LogP contribution < -0.4 is 10.4 Å². The van der Waals surface area contributed by atoms with E-state index in [1.165, 1.54) is 50.8 Å². The van der Waals surface area contributed by atoms with Gasteiger partial charge in [0.1, 0.15) is 29.3 Å². The molecule has 4 rings (SSSR count). The van der Waals surface area contributed by atoms with Crippen molar-refractivity contribution in [1.29, 1.82) is 0 Å². The van der Waals surface area contributed by atoms with Gasteiger partial charge in [0, 0.05) is 11.5 Å². The Bertz CT molecular complexity index is 991. The fourth-order valence-electron chi connectivity index (χ4n) is 2.89. The molecule has 2 aliphatic rings. The van der Waals surface area contributed by atoms with Crippen LogP contribution in [0, 0.1) is 6.92 Å². The largest absolute Gasteiger partial charge is 0.543 e. The van der Waals surface area contributed by atoms with Crippen LogP contribution >= 0.6 is 34.9 Å². The first-order chi connectivity index (χ1) is 13.9. The second kappa shape index (κ2) is 8.08. The third-order valence-corrected chi connectivity index (χ3v) is 7.53. The van der Waals surface area contributed by atoms with Gasteiger partial charge in [0.05, 0.1) is 11.7 Å². The maximum atomic E-state index is 12.6. The van der Waals surface area contributed by atoms with E-state index in [1.807, 2.05) is 6.92 Å². The SMILES string of the molecule is Cc1nnc(SCC2=C(C(=O)[O-])N3C(=O)[C@H](NC(=O)Cn4cnnn4)[C@@H]3SC2)s1. The number of fused-ring (bicyclic) bond motifs is 1. The fraction of sp³-hybridized carbons (Fsp3) is 0.429. The number of tetrazole rings is 1. The lowest BCUT2D eigenvalue weighted by Gasteiger charge is -2.50. The van der Waals surface area contributed by atoms with Gasteiger partial charge in [-0.05, 0) is 22.9 Å². The lowest BCUT2D eigenvalue weighted by molar-refractivity contribution is -0.301. The number of hydrogen-bond acceptors (Lipinski definition) is 12. The number of aryl methyl sites for hydroxylation is 1. The standard InChI is InChI=1S/C14H14N8O4S3/c1-6-17-18-14(29-6)28-4-7-3-27-12-9(11(24)22(12)10(7)13(25)26)16-8(23)2-21-5-15-19-20-21/h5,9,12H,2-4H2,1H3,(H,16,23)(H,25,26)/p-1/t9-,12-/m0/s1. The minimum atomic E-state index is -1.41. The number of amides is 2. The van der Waals surface area contributed by atoms with Crippen LogP contribution in [0.4, 0.5) is 0 Å². The third-order valence-electron chi connectivity index (χ3n) is 4.13. The molecule has 0 aliphatic carbocycles. The summed E-state index contributed by atoms with van der Waals surface area (Å²) in [5, 5.41) is 33.1. The van der Waals surface area contributed by atoms with Gasteiger partial charge < -0.3 is 15.2 Å². The topological polar surface area (TPSA) is 159 Å². The molecule has 152 valence electrons. The first-order valence-corrected chi connectivity index (χ1v) is 11.1. The Labute approximate surface area is 176 Å². The van der Waals surface area contributed by atoms with E-state index in [0.29, 0.717) is 17.1 Å². The normalized spacial score (nSPS) is 21.0. The van der Waals surface area contributed by atoms with Crippen LogP contribution in [0.15, 0.2) is 21.9 Å². The minimum Gasteiger partial charge on any atom is -0.543 e. The van der Waals surface area contributed by atoms with E-state index < -0.39 is 29.2 Å². The highest BCUT2D eigenvalue weighted by Crippen LogP contribution is 2.41. The Kier molecular flexibility index (Phi) is 5.51. The van der Waals surface area contributed by atoms with E-state index >= 15 is 0 Å². The molecule has 0 radical (unpaired) electrons. The van der Waals surface area contributed by atoms with Crippen LogP contribution in [0.2, 0.25) is 0 Å². The Morgan fingerprint density at radius 1 is 1.41 bits per heavy atom. The lowest BCUT2D eigenvalue weighted by Crippen LogP contribution is -2.71. The molecule has 4 heterocycles. The maximum absolute atomic E-state index is 12.6. The molecule has 2 amide bonds. The maximum Gasteiger partial charge on any atom is 0.253 e. The second-order valence-corrected chi connectivity index (χ2v) is 9.59. The van der Waals surface area contributed by atoms with E-state index in [0.717, 1.165) is 9.35 Å². The number of β-lactam (4-membered cyclic amide) rings is 1. The Hall–Kier alpha value is -2.52. The zero-order valence-corrected chi connectivity index (χ0v) is 17.3. The quantitative estimate of drug-likeness (QED) is 0.366. The number of carboxylic acids is 1. The molecule has 29 heavy (non-hydrogen) atoms. The molecule has 2 aromatic rings. The van der Waals surface area contributed by atoms with Crippen LogP contribution in [0.3, 0.4) is 0 Å². The number of aromatic nitrogens is 6. The molecule has 1 fully saturated rings. The second-order valence-electron chi connectivity index (χ2n) is 6.08. The summed E-state index contributed by atoms with van der Waals surface area (Å²) in [5.41, 5.74) is 0.453. The van der Waals surface area contributed by atoms with Crippen molar-refractivity contribution in [2.24, 2.45) is 0 Å². The number of aliphatic carboxylic acids is 1. The van der Waals surface area contributed by atoms with Crippen LogP contribution in [0.5, 0.6) is 0 Å². The lowest BCUT2D eigenvalue weighted by atomic mass is 10.0. The first-order valence-electron chi connectivity index (χ1n) is 8.25. The smallest absolute Gasteiger partial charge is 0.253 e. The van der Waals surface area contributed by atoms with Gasteiger partial charge >= 0.3 is 0 Å². The van der Waals surface area contributed by atoms with E-state index in [1.54, 1.807) is 0 Å². The van der Waals surface area contributed by atoms with Gasteiger partial charge in [-0.15, -0.1) is 27.1 Å². The number of rotatable bonds is 7. The molecule has 0 unspecified atom stereocenters.